The van der Waals surface area contributed by atoms with Gasteiger partial charge in [0.15, 0.2) is 0 Å². The van der Waals surface area contributed by atoms with Gasteiger partial charge in [0, 0.05) is 18.8 Å². The number of pyridine rings is 1. The lowest BCUT2D eigenvalue weighted by Gasteiger charge is -2.35. The molecule has 1 aromatic rings. The van der Waals surface area contributed by atoms with Gasteiger partial charge in [-0.2, -0.15) is 0 Å². The molecule has 1 N–H and O–H groups in total. The Balaban J connectivity index is 1.88. The molecule has 0 bridgehead atoms. The van der Waals surface area contributed by atoms with Crippen molar-refractivity contribution in [1.29, 1.82) is 0 Å². The van der Waals surface area contributed by atoms with Crippen molar-refractivity contribution < 1.29 is 0 Å². The maximum absolute atomic E-state index is 4.59. The summed E-state index contributed by atoms with van der Waals surface area (Å²) in [4.78, 5) is 7.10. The summed E-state index contributed by atoms with van der Waals surface area (Å²) in [5, 5.41) is 3.36. The molecule has 0 radical (unpaired) electrons. The summed E-state index contributed by atoms with van der Waals surface area (Å²) in [5.41, 5.74) is 2.30. The first kappa shape index (κ1) is 13.5. The highest BCUT2D eigenvalue weighted by Gasteiger charge is 2.24. The van der Waals surface area contributed by atoms with Crippen molar-refractivity contribution in [3.63, 3.8) is 0 Å². The first-order valence-electron chi connectivity index (χ1n) is 7.04. The highest BCUT2D eigenvalue weighted by Crippen LogP contribution is 2.17. The molecule has 0 spiro atoms. The van der Waals surface area contributed by atoms with Gasteiger partial charge in [-0.05, 0) is 50.5 Å². The number of hydrogen-bond donors (Lipinski definition) is 1. The number of aryl methyl sites for hydroxylation is 1. The van der Waals surface area contributed by atoms with Gasteiger partial charge in [-0.1, -0.05) is 19.9 Å². The molecule has 0 saturated carbocycles. The van der Waals surface area contributed by atoms with Gasteiger partial charge in [-0.25, -0.2) is 0 Å². The molecule has 1 atom stereocenters. The number of nitrogens with zero attached hydrogens (tertiary/aromatic N) is 2. The van der Waals surface area contributed by atoms with E-state index in [9.17, 15) is 0 Å². The molecule has 0 aliphatic carbocycles. The Labute approximate surface area is 111 Å². The lowest BCUT2D eigenvalue weighted by atomic mass is 9.88. The molecule has 1 unspecified atom stereocenters. The van der Waals surface area contributed by atoms with Crippen molar-refractivity contribution in [2.75, 3.05) is 26.2 Å². The first-order valence-corrected chi connectivity index (χ1v) is 7.04. The minimum Gasteiger partial charge on any atom is -0.316 e. The summed E-state index contributed by atoms with van der Waals surface area (Å²) in [5.74, 6) is 1.64. The monoisotopic (exact) mass is 247 g/mol. The van der Waals surface area contributed by atoms with E-state index in [0.717, 1.165) is 30.6 Å². The fourth-order valence-electron chi connectivity index (χ4n) is 2.49. The van der Waals surface area contributed by atoms with Crippen LogP contribution in [0.2, 0.25) is 0 Å². The van der Waals surface area contributed by atoms with Gasteiger partial charge in [0.2, 0.25) is 0 Å². The van der Waals surface area contributed by atoms with Crippen LogP contribution >= 0.6 is 0 Å². The van der Waals surface area contributed by atoms with Gasteiger partial charge in [0.05, 0.1) is 5.69 Å². The topological polar surface area (TPSA) is 28.2 Å². The van der Waals surface area contributed by atoms with Crippen molar-refractivity contribution in [3.05, 3.63) is 29.6 Å². The lowest BCUT2D eigenvalue weighted by Crippen LogP contribution is -2.48. The largest absolute Gasteiger partial charge is 0.316 e. The molecule has 100 valence electrons. The van der Waals surface area contributed by atoms with Gasteiger partial charge in [0.25, 0.3) is 0 Å². The SMILES string of the molecule is CCN(Cc1cccc(C)n1)CC(C)C1CNC1. The van der Waals surface area contributed by atoms with Crippen LogP contribution in [0.3, 0.4) is 0 Å². The van der Waals surface area contributed by atoms with Gasteiger partial charge < -0.3 is 5.32 Å². The predicted octanol–water partition coefficient (Wildman–Crippen LogP) is 2.07. The maximum atomic E-state index is 4.59. The van der Waals surface area contributed by atoms with E-state index in [1.54, 1.807) is 0 Å². The molecule has 0 amide bonds. The van der Waals surface area contributed by atoms with E-state index in [1.165, 1.54) is 25.3 Å². The van der Waals surface area contributed by atoms with Crippen molar-refractivity contribution in [2.24, 2.45) is 11.8 Å². The zero-order valence-electron chi connectivity index (χ0n) is 11.8. The lowest BCUT2D eigenvalue weighted by molar-refractivity contribution is 0.165. The van der Waals surface area contributed by atoms with Crippen LogP contribution in [0.25, 0.3) is 0 Å². The van der Waals surface area contributed by atoms with E-state index >= 15 is 0 Å². The van der Waals surface area contributed by atoms with E-state index in [0.29, 0.717) is 0 Å². The van der Waals surface area contributed by atoms with Gasteiger partial charge in [-0.3, -0.25) is 9.88 Å². The van der Waals surface area contributed by atoms with Crippen molar-refractivity contribution in [1.82, 2.24) is 15.2 Å². The summed E-state index contributed by atoms with van der Waals surface area (Å²) >= 11 is 0. The summed E-state index contributed by atoms with van der Waals surface area (Å²) < 4.78 is 0. The van der Waals surface area contributed by atoms with Crippen molar-refractivity contribution in [2.45, 2.75) is 27.3 Å². The number of aromatic nitrogens is 1. The molecular formula is C15H25N3. The Morgan fingerprint density at radius 2 is 2.22 bits per heavy atom. The molecule has 1 saturated heterocycles. The second kappa shape index (κ2) is 6.30. The fraction of sp³-hybridized carbons (Fsp3) is 0.667. The molecule has 1 aliphatic heterocycles. The van der Waals surface area contributed by atoms with Crippen molar-refractivity contribution >= 4 is 0 Å². The smallest absolute Gasteiger partial charge is 0.0547 e. The van der Waals surface area contributed by atoms with Crippen LogP contribution in [-0.4, -0.2) is 36.1 Å². The van der Waals surface area contributed by atoms with Crippen LogP contribution in [0, 0.1) is 18.8 Å². The molecular weight excluding hydrogens is 222 g/mol. The third-order valence-electron chi connectivity index (χ3n) is 3.94. The molecule has 1 aromatic heterocycles. The average Bonchev–Trinajstić information content (AvgIpc) is 2.25. The zero-order chi connectivity index (χ0) is 13.0. The molecule has 0 aromatic carbocycles. The zero-order valence-corrected chi connectivity index (χ0v) is 11.8. The minimum absolute atomic E-state index is 0.774. The van der Waals surface area contributed by atoms with E-state index in [2.05, 4.69) is 54.2 Å². The summed E-state index contributed by atoms with van der Waals surface area (Å²) in [6, 6.07) is 6.29. The van der Waals surface area contributed by atoms with Crippen LogP contribution in [-0.2, 0) is 6.54 Å². The van der Waals surface area contributed by atoms with Crippen molar-refractivity contribution in [3.8, 4) is 0 Å². The van der Waals surface area contributed by atoms with Crippen LogP contribution in [0.1, 0.15) is 25.2 Å². The standard InChI is InChI=1S/C15H25N3/c1-4-18(10-12(2)14-8-16-9-14)11-15-7-5-6-13(3)17-15/h5-7,12,14,16H,4,8-11H2,1-3H3. The predicted molar refractivity (Wildman–Crippen MR) is 75.4 cm³/mol. The summed E-state index contributed by atoms with van der Waals surface area (Å²) in [6.45, 7) is 12.3. The van der Waals surface area contributed by atoms with E-state index in [-0.39, 0.29) is 0 Å². The second-order valence-electron chi connectivity index (χ2n) is 5.49. The van der Waals surface area contributed by atoms with E-state index in [4.69, 9.17) is 0 Å². The second-order valence-corrected chi connectivity index (χ2v) is 5.49. The third kappa shape index (κ3) is 3.53. The minimum atomic E-state index is 0.774. The molecule has 18 heavy (non-hydrogen) atoms. The van der Waals surface area contributed by atoms with Gasteiger partial charge in [-0.15, -0.1) is 0 Å². The molecule has 3 heteroatoms. The summed E-state index contributed by atoms with van der Waals surface area (Å²) in [6.07, 6.45) is 0. The average molecular weight is 247 g/mol. The normalized spacial score (nSPS) is 17.8. The highest BCUT2D eigenvalue weighted by molar-refractivity contribution is 5.09. The highest BCUT2D eigenvalue weighted by atomic mass is 15.1. The first-order chi connectivity index (χ1) is 8.69. The number of nitrogens with one attached hydrogen (secondary N) is 1. The van der Waals surface area contributed by atoms with Crippen LogP contribution < -0.4 is 5.32 Å². The maximum Gasteiger partial charge on any atom is 0.0547 e. The third-order valence-corrected chi connectivity index (χ3v) is 3.94. The number of hydrogen-bond acceptors (Lipinski definition) is 3. The molecule has 1 aliphatic rings. The van der Waals surface area contributed by atoms with E-state index < -0.39 is 0 Å². The quantitative estimate of drug-likeness (QED) is 0.834. The molecule has 3 nitrogen and oxygen atoms in total. The van der Waals surface area contributed by atoms with Crippen LogP contribution in [0.15, 0.2) is 18.2 Å². The van der Waals surface area contributed by atoms with Crippen LogP contribution in [0.5, 0.6) is 0 Å². The Morgan fingerprint density at radius 3 is 2.78 bits per heavy atom. The summed E-state index contributed by atoms with van der Waals surface area (Å²) in [7, 11) is 0. The Morgan fingerprint density at radius 1 is 1.44 bits per heavy atom. The van der Waals surface area contributed by atoms with Gasteiger partial charge >= 0.3 is 0 Å². The van der Waals surface area contributed by atoms with E-state index in [1.807, 2.05) is 0 Å². The molecule has 1 fully saturated rings. The van der Waals surface area contributed by atoms with Gasteiger partial charge in [0.1, 0.15) is 0 Å². The number of rotatable bonds is 6. The molecule has 2 rings (SSSR count). The molecule has 2 heterocycles. The van der Waals surface area contributed by atoms with Crippen LogP contribution in [0.4, 0.5) is 0 Å². The Hall–Kier alpha value is -0.930. The fourth-order valence-corrected chi connectivity index (χ4v) is 2.49. The Bertz CT molecular complexity index is 374. The Kier molecular flexibility index (Phi) is 4.72.